The van der Waals surface area contributed by atoms with Gasteiger partial charge in [0.25, 0.3) is 0 Å². The first kappa shape index (κ1) is 13.4. The van der Waals surface area contributed by atoms with Crippen molar-refractivity contribution >= 4 is 0 Å². The Kier molecular flexibility index (Phi) is 4.25. The molecule has 0 saturated heterocycles. The maximum atomic E-state index is 9.80. The van der Waals surface area contributed by atoms with E-state index in [-0.39, 0.29) is 6.04 Å². The third kappa shape index (κ3) is 3.24. The van der Waals surface area contributed by atoms with Gasteiger partial charge < -0.3 is 10.4 Å². The molecular weight excluding hydrogens is 224 g/mol. The first-order chi connectivity index (χ1) is 8.59. The van der Waals surface area contributed by atoms with Gasteiger partial charge in [-0.05, 0) is 39.8 Å². The Balaban J connectivity index is 1.84. The fourth-order valence-electron chi connectivity index (χ4n) is 2.30. The lowest BCUT2D eigenvalue weighted by molar-refractivity contribution is 0.236. The van der Waals surface area contributed by atoms with E-state index in [0.717, 1.165) is 18.2 Å². The van der Waals surface area contributed by atoms with Crippen LogP contribution in [-0.4, -0.2) is 35.7 Å². The zero-order chi connectivity index (χ0) is 13.1. The lowest BCUT2D eigenvalue weighted by atomic mass is 10.1. The van der Waals surface area contributed by atoms with Crippen molar-refractivity contribution in [2.75, 3.05) is 13.6 Å². The number of phenols is 1. The van der Waals surface area contributed by atoms with E-state index in [9.17, 15) is 5.11 Å². The Hall–Kier alpha value is -1.06. The number of likely N-dealkylation sites (N-methyl/N-ethyl adjacent to an activating group) is 1. The fraction of sp³-hybridized carbons (Fsp3) is 0.600. The molecule has 1 aliphatic carbocycles. The number of hydrogen-bond acceptors (Lipinski definition) is 3. The normalized spacial score (nSPS) is 18.9. The van der Waals surface area contributed by atoms with E-state index in [0.29, 0.717) is 11.8 Å². The van der Waals surface area contributed by atoms with Crippen LogP contribution in [0.2, 0.25) is 0 Å². The summed E-state index contributed by atoms with van der Waals surface area (Å²) >= 11 is 0. The molecule has 2 atom stereocenters. The molecule has 0 radical (unpaired) electrons. The molecule has 100 valence electrons. The van der Waals surface area contributed by atoms with Crippen molar-refractivity contribution in [2.24, 2.45) is 0 Å². The number of hydrogen-bond donors (Lipinski definition) is 2. The average molecular weight is 248 g/mol. The predicted octanol–water partition coefficient (Wildman–Crippen LogP) is 2.53. The van der Waals surface area contributed by atoms with Gasteiger partial charge in [-0.25, -0.2) is 0 Å². The molecule has 18 heavy (non-hydrogen) atoms. The molecule has 1 aliphatic rings. The van der Waals surface area contributed by atoms with E-state index in [1.54, 1.807) is 6.07 Å². The number of rotatable bonds is 6. The second-order valence-corrected chi connectivity index (χ2v) is 5.43. The third-order valence-corrected chi connectivity index (χ3v) is 3.94. The highest BCUT2D eigenvalue weighted by molar-refractivity contribution is 5.34. The predicted molar refractivity (Wildman–Crippen MR) is 74.8 cm³/mol. The number of benzene rings is 1. The van der Waals surface area contributed by atoms with Crippen LogP contribution < -0.4 is 5.32 Å². The SMILES string of the molecule is CC(NCC(C)N(C)C1CC1)c1ccccc1O. The van der Waals surface area contributed by atoms with Crippen LogP contribution in [0.25, 0.3) is 0 Å². The first-order valence-electron chi connectivity index (χ1n) is 6.82. The molecule has 1 aromatic rings. The van der Waals surface area contributed by atoms with Gasteiger partial charge in [-0.2, -0.15) is 0 Å². The fourth-order valence-corrected chi connectivity index (χ4v) is 2.30. The molecule has 1 saturated carbocycles. The van der Waals surface area contributed by atoms with Crippen molar-refractivity contribution in [1.82, 2.24) is 10.2 Å². The van der Waals surface area contributed by atoms with Gasteiger partial charge in [-0.15, -0.1) is 0 Å². The summed E-state index contributed by atoms with van der Waals surface area (Å²) in [7, 11) is 2.20. The summed E-state index contributed by atoms with van der Waals surface area (Å²) < 4.78 is 0. The minimum Gasteiger partial charge on any atom is -0.508 e. The van der Waals surface area contributed by atoms with Crippen LogP contribution in [0, 0.1) is 0 Å². The van der Waals surface area contributed by atoms with E-state index in [4.69, 9.17) is 0 Å². The lowest BCUT2D eigenvalue weighted by Gasteiger charge is -2.26. The smallest absolute Gasteiger partial charge is 0.120 e. The van der Waals surface area contributed by atoms with Gasteiger partial charge in [-0.3, -0.25) is 4.90 Å². The summed E-state index contributed by atoms with van der Waals surface area (Å²) in [6.45, 7) is 5.30. The van der Waals surface area contributed by atoms with E-state index >= 15 is 0 Å². The summed E-state index contributed by atoms with van der Waals surface area (Å²) in [6, 6.07) is 9.05. The van der Waals surface area contributed by atoms with Crippen molar-refractivity contribution < 1.29 is 5.11 Å². The van der Waals surface area contributed by atoms with Gasteiger partial charge in [0.1, 0.15) is 5.75 Å². The van der Waals surface area contributed by atoms with E-state index in [1.807, 2.05) is 18.2 Å². The van der Waals surface area contributed by atoms with Gasteiger partial charge in [0, 0.05) is 30.2 Å². The molecule has 2 unspecified atom stereocenters. The zero-order valence-corrected chi connectivity index (χ0v) is 11.6. The number of nitrogens with one attached hydrogen (secondary N) is 1. The lowest BCUT2D eigenvalue weighted by Crippen LogP contribution is -2.39. The highest BCUT2D eigenvalue weighted by atomic mass is 16.3. The topological polar surface area (TPSA) is 35.5 Å². The second kappa shape index (κ2) is 5.72. The standard InChI is InChI=1S/C15H24N2O/c1-11(17(3)13-8-9-13)10-16-12(2)14-6-4-5-7-15(14)18/h4-7,11-13,16,18H,8-10H2,1-3H3. The maximum absolute atomic E-state index is 9.80. The molecule has 3 nitrogen and oxygen atoms in total. The molecule has 2 rings (SSSR count). The minimum absolute atomic E-state index is 0.182. The highest BCUT2D eigenvalue weighted by Gasteiger charge is 2.29. The summed E-state index contributed by atoms with van der Waals surface area (Å²) in [4.78, 5) is 2.45. The molecule has 0 bridgehead atoms. The molecule has 0 spiro atoms. The highest BCUT2D eigenvalue weighted by Crippen LogP contribution is 2.27. The molecule has 0 heterocycles. The first-order valence-corrected chi connectivity index (χ1v) is 6.82. The van der Waals surface area contributed by atoms with Crippen LogP contribution in [-0.2, 0) is 0 Å². The molecule has 0 aliphatic heterocycles. The van der Waals surface area contributed by atoms with Crippen molar-refractivity contribution in [1.29, 1.82) is 0 Å². The third-order valence-electron chi connectivity index (χ3n) is 3.94. The molecule has 2 N–H and O–H groups in total. The summed E-state index contributed by atoms with van der Waals surface area (Å²) in [5, 5.41) is 13.3. The largest absolute Gasteiger partial charge is 0.508 e. The van der Waals surface area contributed by atoms with E-state index < -0.39 is 0 Å². The Morgan fingerprint density at radius 2 is 2.00 bits per heavy atom. The Labute approximate surface area is 110 Å². The molecule has 0 amide bonds. The number of nitrogens with zero attached hydrogens (tertiary/aromatic N) is 1. The van der Waals surface area contributed by atoms with Gasteiger partial charge in [0.2, 0.25) is 0 Å². The van der Waals surface area contributed by atoms with Crippen molar-refractivity contribution in [3.05, 3.63) is 29.8 Å². The van der Waals surface area contributed by atoms with Crippen LogP contribution in [0.5, 0.6) is 5.75 Å². The monoisotopic (exact) mass is 248 g/mol. The molecule has 1 fully saturated rings. The zero-order valence-electron chi connectivity index (χ0n) is 11.6. The quantitative estimate of drug-likeness (QED) is 0.812. The maximum Gasteiger partial charge on any atom is 0.120 e. The van der Waals surface area contributed by atoms with Crippen molar-refractivity contribution in [2.45, 2.75) is 44.8 Å². The molecule has 0 aromatic heterocycles. The van der Waals surface area contributed by atoms with Gasteiger partial charge in [0.15, 0.2) is 0 Å². The van der Waals surface area contributed by atoms with Crippen LogP contribution in [0.4, 0.5) is 0 Å². The van der Waals surface area contributed by atoms with Crippen LogP contribution in [0.15, 0.2) is 24.3 Å². The molecule has 3 heteroatoms. The van der Waals surface area contributed by atoms with E-state index in [1.165, 1.54) is 12.8 Å². The second-order valence-electron chi connectivity index (χ2n) is 5.43. The van der Waals surface area contributed by atoms with Gasteiger partial charge in [-0.1, -0.05) is 18.2 Å². The van der Waals surface area contributed by atoms with Gasteiger partial charge in [0.05, 0.1) is 0 Å². The van der Waals surface area contributed by atoms with Crippen LogP contribution >= 0.6 is 0 Å². The van der Waals surface area contributed by atoms with Crippen molar-refractivity contribution in [3.63, 3.8) is 0 Å². The van der Waals surface area contributed by atoms with E-state index in [2.05, 4.69) is 31.1 Å². The van der Waals surface area contributed by atoms with Crippen LogP contribution in [0.3, 0.4) is 0 Å². The summed E-state index contributed by atoms with van der Waals surface area (Å²) in [5.41, 5.74) is 0.971. The number of aromatic hydroxyl groups is 1. The minimum atomic E-state index is 0.182. The summed E-state index contributed by atoms with van der Waals surface area (Å²) in [6.07, 6.45) is 2.69. The Morgan fingerprint density at radius 1 is 1.33 bits per heavy atom. The summed E-state index contributed by atoms with van der Waals surface area (Å²) in [5.74, 6) is 0.376. The van der Waals surface area contributed by atoms with Crippen molar-refractivity contribution in [3.8, 4) is 5.75 Å². The van der Waals surface area contributed by atoms with Crippen LogP contribution in [0.1, 0.15) is 38.3 Å². The van der Waals surface area contributed by atoms with Gasteiger partial charge >= 0.3 is 0 Å². The molecule has 1 aromatic carbocycles. The average Bonchev–Trinajstić information content (AvgIpc) is 3.19. The molecular formula is C15H24N2O. The number of para-hydroxylation sites is 1. The number of phenolic OH excluding ortho intramolecular Hbond substituents is 1. The Bertz CT molecular complexity index is 390. The Morgan fingerprint density at radius 3 is 2.61 bits per heavy atom.